The van der Waals surface area contributed by atoms with Crippen LogP contribution in [0.1, 0.15) is 47.1 Å². The van der Waals surface area contributed by atoms with Gasteiger partial charge in [-0.25, -0.2) is 9.59 Å². The van der Waals surface area contributed by atoms with Crippen LogP contribution < -0.4 is 16.4 Å². The Morgan fingerprint density at radius 1 is 1.22 bits per heavy atom. The summed E-state index contributed by atoms with van der Waals surface area (Å²) in [6.07, 6.45) is -1.80. The van der Waals surface area contributed by atoms with E-state index in [1.165, 1.54) is 26.8 Å². The number of esters is 1. The minimum atomic E-state index is -2.28. The van der Waals surface area contributed by atoms with E-state index in [9.17, 15) is 29.7 Å². The number of carbonyl (C=O) groups excluding carboxylic acids is 3. The number of phenols is 1. The Kier molecular flexibility index (Phi) is 6.43. The molecule has 0 aromatic heterocycles. The zero-order valence-corrected chi connectivity index (χ0v) is 20.9. The van der Waals surface area contributed by atoms with Crippen LogP contribution in [0.2, 0.25) is 0 Å². The smallest absolute Gasteiger partial charge is 0.408 e. The van der Waals surface area contributed by atoms with Crippen molar-refractivity contribution in [2.75, 3.05) is 11.9 Å². The minimum absolute atomic E-state index is 0.0905. The first kappa shape index (κ1) is 26.4. The number of Topliss-reactive ketones (excluding diaryl/α,β-unsaturated/α-hetero) is 1. The molecule has 6 atom stereocenters. The largest absolute Gasteiger partial charge is 0.507 e. The van der Waals surface area contributed by atoms with E-state index in [0.29, 0.717) is 16.8 Å². The van der Waals surface area contributed by atoms with Gasteiger partial charge in [0.1, 0.15) is 35.2 Å². The molecule has 1 heterocycles. The van der Waals surface area contributed by atoms with Crippen LogP contribution in [-0.4, -0.2) is 74.7 Å². The minimum Gasteiger partial charge on any atom is -0.507 e. The second-order valence-corrected chi connectivity index (χ2v) is 9.87. The van der Waals surface area contributed by atoms with Gasteiger partial charge in [-0.2, -0.15) is 0 Å². The van der Waals surface area contributed by atoms with Gasteiger partial charge in [-0.05, 0) is 51.5 Å². The zero-order valence-electron chi connectivity index (χ0n) is 20.9. The fourth-order valence-corrected chi connectivity index (χ4v) is 5.58. The number of amides is 1. The normalized spacial score (nSPS) is 32.6. The number of ether oxygens (including phenoxy) is 2. The zero-order chi connectivity index (χ0) is 27.3. The fourth-order valence-electron chi connectivity index (χ4n) is 5.58. The van der Waals surface area contributed by atoms with Crippen molar-refractivity contribution in [3.05, 3.63) is 59.2 Å². The van der Waals surface area contributed by atoms with Crippen molar-refractivity contribution in [1.82, 2.24) is 5.32 Å². The van der Waals surface area contributed by atoms with Crippen molar-refractivity contribution in [1.29, 1.82) is 0 Å². The molecule has 2 aromatic carbocycles. The molecular weight excluding hydrogens is 482 g/mol. The molecule has 2 fully saturated rings. The standard InChI is InChI=1S/C26H31N3O8/c1-13-7-5-10-18(31)19(13)22(32)36-12-25(35)21(28-17-9-6-8-16(11-17)14(2)30)20(27)26(24(25,4)34)15(3)37-23(33)29-26/h5-11,15,20-21,28,31,34-35H,12,27H2,1-4H3,(H,29,33)/t15-,20-,21-,24-,25+,26?/m0/s1. The number of aryl methyl sites for hydroxylation is 1. The highest BCUT2D eigenvalue weighted by Crippen LogP contribution is 2.51. The first-order chi connectivity index (χ1) is 17.3. The lowest BCUT2D eigenvalue weighted by molar-refractivity contribution is -0.177. The van der Waals surface area contributed by atoms with E-state index in [1.807, 2.05) is 0 Å². The Morgan fingerprint density at radius 2 is 1.89 bits per heavy atom. The maximum atomic E-state index is 12.9. The van der Waals surface area contributed by atoms with E-state index in [0.717, 1.165) is 0 Å². The molecule has 11 nitrogen and oxygen atoms in total. The number of rotatable bonds is 6. The van der Waals surface area contributed by atoms with Crippen LogP contribution in [0.15, 0.2) is 42.5 Å². The molecule has 1 aliphatic carbocycles. The number of hydrogen-bond acceptors (Lipinski definition) is 10. The first-order valence-corrected chi connectivity index (χ1v) is 11.8. The predicted octanol–water partition coefficient (Wildman–Crippen LogP) is 1.23. The Balaban J connectivity index is 1.75. The van der Waals surface area contributed by atoms with Crippen LogP contribution in [0.3, 0.4) is 0 Å². The molecule has 1 saturated carbocycles. The number of alkyl carbamates (subject to hydrolysis) is 1. The highest BCUT2D eigenvalue weighted by molar-refractivity contribution is 5.95. The molecule has 4 rings (SSSR count). The van der Waals surface area contributed by atoms with E-state index < -0.39 is 53.6 Å². The molecule has 0 bridgehead atoms. The Morgan fingerprint density at radius 3 is 2.49 bits per heavy atom. The SMILES string of the molecule is CC(=O)c1cccc(N[C@H]2[C@H](N)C3(NC(=O)O[C@H]3C)[C@@](C)(O)[C@@]2(O)COC(=O)c2c(C)cccc2O)c1. The van der Waals surface area contributed by atoms with Gasteiger partial charge in [0.2, 0.25) is 0 Å². The number of aromatic hydroxyl groups is 1. The van der Waals surface area contributed by atoms with Crippen molar-refractivity contribution >= 4 is 23.5 Å². The molecule has 1 amide bonds. The maximum Gasteiger partial charge on any atom is 0.408 e. The summed E-state index contributed by atoms with van der Waals surface area (Å²) in [6.45, 7) is 5.08. The quantitative estimate of drug-likeness (QED) is 0.243. The lowest BCUT2D eigenvalue weighted by atomic mass is 9.74. The molecule has 198 valence electrons. The summed E-state index contributed by atoms with van der Waals surface area (Å²) in [5.74, 6) is -1.41. The molecule has 1 saturated heterocycles. The van der Waals surface area contributed by atoms with Gasteiger partial charge in [-0.15, -0.1) is 0 Å². The summed E-state index contributed by atoms with van der Waals surface area (Å²) in [6, 6.07) is 8.61. The summed E-state index contributed by atoms with van der Waals surface area (Å²) in [5.41, 5.74) is 1.63. The number of benzene rings is 2. The van der Waals surface area contributed by atoms with Gasteiger partial charge < -0.3 is 41.2 Å². The Hall–Kier alpha value is -3.67. The van der Waals surface area contributed by atoms with Gasteiger partial charge in [0.05, 0.1) is 12.1 Å². The van der Waals surface area contributed by atoms with Gasteiger partial charge in [0.15, 0.2) is 11.4 Å². The van der Waals surface area contributed by atoms with Crippen LogP contribution in [0.25, 0.3) is 0 Å². The lowest BCUT2D eigenvalue weighted by Crippen LogP contribution is -2.72. The molecule has 2 aliphatic rings. The molecule has 1 spiro atoms. The topological polar surface area (TPSA) is 180 Å². The monoisotopic (exact) mass is 513 g/mol. The van der Waals surface area contributed by atoms with E-state index in [-0.39, 0.29) is 17.1 Å². The van der Waals surface area contributed by atoms with Crippen LogP contribution in [0, 0.1) is 6.92 Å². The predicted molar refractivity (Wildman–Crippen MR) is 132 cm³/mol. The van der Waals surface area contributed by atoms with E-state index in [2.05, 4.69) is 10.6 Å². The highest BCUT2D eigenvalue weighted by Gasteiger charge is 2.78. The molecule has 0 radical (unpaired) electrons. The third kappa shape index (κ3) is 3.90. The van der Waals surface area contributed by atoms with Crippen molar-refractivity contribution in [2.45, 2.75) is 62.6 Å². The average molecular weight is 514 g/mol. The van der Waals surface area contributed by atoms with Gasteiger partial charge in [-0.3, -0.25) is 4.79 Å². The maximum absolute atomic E-state index is 12.9. The fraction of sp³-hybridized carbons (Fsp3) is 0.423. The van der Waals surface area contributed by atoms with Gasteiger partial charge in [0, 0.05) is 11.3 Å². The molecule has 1 aliphatic heterocycles. The third-order valence-electron chi connectivity index (χ3n) is 7.75. The van der Waals surface area contributed by atoms with Gasteiger partial charge in [-0.1, -0.05) is 24.3 Å². The molecule has 1 unspecified atom stereocenters. The van der Waals surface area contributed by atoms with E-state index >= 15 is 0 Å². The Labute approximate surface area is 213 Å². The number of nitrogens with one attached hydrogen (secondary N) is 2. The second kappa shape index (κ2) is 9.02. The molecule has 2 aromatic rings. The summed E-state index contributed by atoms with van der Waals surface area (Å²) in [4.78, 5) is 37.0. The molecule has 37 heavy (non-hydrogen) atoms. The number of nitrogens with two attached hydrogens (primary N) is 1. The molecular formula is C26H31N3O8. The summed E-state index contributed by atoms with van der Waals surface area (Å²) in [7, 11) is 0. The second-order valence-electron chi connectivity index (χ2n) is 9.87. The number of anilines is 1. The average Bonchev–Trinajstić information content (AvgIpc) is 3.20. The number of aliphatic hydroxyl groups is 2. The summed E-state index contributed by atoms with van der Waals surface area (Å²) in [5, 5.41) is 39.7. The molecule has 7 N–H and O–H groups in total. The van der Waals surface area contributed by atoms with Gasteiger partial charge >= 0.3 is 12.1 Å². The molecule has 11 heteroatoms. The Bertz CT molecular complexity index is 1240. The van der Waals surface area contributed by atoms with E-state index in [4.69, 9.17) is 15.2 Å². The van der Waals surface area contributed by atoms with Crippen LogP contribution >= 0.6 is 0 Å². The van der Waals surface area contributed by atoms with Crippen LogP contribution in [0.5, 0.6) is 5.75 Å². The van der Waals surface area contributed by atoms with Crippen molar-refractivity contribution in [3.63, 3.8) is 0 Å². The van der Waals surface area contributed by atoms with Crippen molar-refractivity contribution in [3.8, 4) is 5.75 Å². The third-order valence-corrected chi connectivity index (χ3v) is 7.75. The van der Waals surface area contributed by atoms with Crippen molar-refractivity contribution < 1.29 is 39.2 Å². The van der Waals surface area contributed by atoms with Crippen LogP contribution in [-0.2, 0) is 9.47 Å². The number of phenolic OH excluding ortho intramolecular Hbond substituents is 1. The van der Waals surface area contributed by atoms with Crippen LogP contribution in [0.4, 0.5) is 10.5 Å². The van der Waals surface area contributed by atoms with Gasteiger partial charge in [0.25, 0.3) is 0 Å². The number of ketones is 1. The number of hydrogen-bond donors (Lipinski definition) is 6. The highest BCUT2D eigenvalue weighted by atomic mass is 16.6. The number of carbonyl (C=O) groups is 3. The summed E-state index contributed by atoms with van der Waals surface area (Å²) >= 11 is 0. The first-order valence-electron chi connectivity index (χ1n) is 11.8. The summed E-state index contributed by atoms with van der Waals surface area (Å²) < 4.78 is 10.7. The van der Waals surface area contributed by atoms with E-state index in [1.54, 1.807) is 43.3 Å². The van der Waals surface area contributed by atoms with Crippen molar-refractivity contribution in [2.24, 2.45) is 5.73 Å². The number of cyclic esters (lactones) is 1. The lowest BCUT2D eigenvalue weighted by Gasteiger charge is -2.44.